The van der Waals surface area contributed by atoms with Crippen LogP contribution in [0.25, 0.3) is 21.8 Å². The Kier molecular flexibility index (Phi) is 4.68. The van der Waals surface area contributed by atoms with Gasteiger partial charge in [-0.3, -0.25) is 10.0 Å². The number of aryl methyl sites for hydroxylation is 1. The molecule has 0 bridgehead atoms. The maximum atomic E-state index is 11.2. The summed E-state index contributed by atoms with van der Waals surface area (Å²) in [5, 5.41) is 14.3. The van der Waals surface area contributed by atoms with Gasteiger partial charge in [-0.05, 0) is 36.2 Å². The van der Waals surface area contributed by atoms with Crippen LogP contribution < -0.4 is 10.8 Å². The third-order valence-corrected chi connectivity index (χ3v) is 4.58. The van der Waals surface area contributed by atoms with Gasteiger partial charge in [0.25, 0.3) is 0 Å². The van der Waals surface area contributed by atoms with Gasteiger partial charge in [-0.1, -0.05) is 48.5 Å². The SMILES string of the molecule is O=C(CCc1ccc(Nc2c3ccccc3nc3ccccc23)cc1)NO. The second-order valence-corrected chi connectivity index (χ2v) is 6.38. The lowest BCUT2D eigenvalue weighted by Gasteiger charge is -2.13. The minimum atomic E-state index is -0.382. The molecule has 134 valence electrons. The Balaban J connectivity index is 1.67. The summed E-state index contributed by atoms with van der Waals surface area (Å²) in [6.45, 7) is 0. The van der Waals surface area contributed by atoms with Crippen molar-refractivity contribution in [3.63, 3.8) is 0 Å². The first-order valence-corrected chi connectivity index (χ1v) is 8.81. The summed E-state index contributed by atoms with van der Waals surface area (Å²) in [5.41, 5.74) is 6.59. The average molecular weight is 357 g/mol. The van der Waals surface area contributed by atoms with E-state index in [4.69, 9.17) is 10.2 Å². The summed E-state index contributed by atoms with van der Waals surface area (Å²) >= 11 is 0. The first-order chi connectivity index (χ1) is 13.2. The summed E-state index contributed by atoms with van der Waals surface area (Å²) in [4.78, 5) is 15.9. The van der Waals surface area contributed by atoms with Crippen LogP contribution in [0.1, 0.15) is 12.0 Å². The summed E-state index contributed by atoms with van der Waals surface area (Å²) in [7, 11) is 0. The zero-order valence-corrected chi connectivity index (χ0v) is 14.6. The summed E-state index contributed by atoms with van der Waals surface area (Å²) in [6.07, 6.45) is 0.830. The molecule has 0 unspecified atom stereocenters. The number of benzene rings is 3. The minimum absolute atomic E-state index is 0.253. The number of hydrogen-bond acceptors (Lipinski definition) is 4. The van der Waals surface area contributed by atoms with Crippen LogP contribution in [0.3, 0.4) is 0 Å². The summed E-state index contributed by atoms with van der Waals surface area (Å²) in [6, 6.07) is 24.1. The summed E-state index contributed by atoms with van der Waals surface area (Å²) in [5.74, 6) is -0.382. The molecule has 5 nitrogen and oxygen atoms in total. The number of aromatic nitrogens is 1. The fourth-order valence-electron chi connectivity index (χ4n) is 3.19. The number of carbonyl (C=O) groups is 1. The fourth-order valence-corrected chi connectivity index (χ4v) is 3.19. The molecule has 0 atom stereocenters. The number of para-hydroxylation sites is 2. The van der Waals surface area contributed by atoms with Crippen LogP contribution in [0, 0.1) is 0 Å². The normalized spacial score (nSPS) is 10.9. The Labute approximate surface area is 156 Å². The van der Waals surface area contributed by atoms with Gasteiger partial charge in [-0.25, -0.2) is 10.5 Å². The molecule has 4 aromatic rings. The molecule has 0 radical (unpaired) electrons. The van der Waals surface area contributed by atoms with Gasteiger partial charge in [-0.2, -0.15) is 0 Å². The predicted octanol–water partition coefficient (Wildman–Crippen LogP) is 4.57. The van der Waals surface area contributed by atoms with Gasteiger partial charge in [0.1, 0.15) is 0 Å². The van der Waals surface area contributed by atoms with E-state index in [1.807, 2.05) is 60.7 Å². The van der Waals surface area contributed by atoms with Crippen molar-refractivity contribution in [1.82, 2.24) is 10.5 Å². The second kappa shape index (κ2) is 7.43. The number of carbonyl (C=O) groups excluding carboxylic acids is 1. The van der Waals surface area contributed by atoms with Crippen molar-refractivity contribution in [2.24, 2.45) is 0 Å². The highest BCUT2D eigenvalue weighted by Gasteiger charge is 2.09. The molecular weight excluding hydrogens is 338 g/mol. The van der Waals surface area contributed by atoms with Crippen LogP contribution in [0.2, 0.25) is 0 Å². The Morgan fingerprint density at radius 2 is 1.44 bits per heavy atom. The average Bonchev–Trinajstić information content (AvgIpc) is 2.72. The van der Waals surface area contributed by atoms with Crippen LogP contribution in [0.5, 0.6) is 0 Å². The maximum Gasteiger partial charge on any atom is 0.243 e. The van der Waals surface area contributed by atoms with Crippen molar-refractivity contribution in [1.29, 1.82) is 0 Å². The maximum absolute atomic E-state index is 11.2. The van der Waals surface area contributed by atoms with Gasteiger partial charge in [0, 0.05) is 22.9 Å². The lowest BCUT2D eigenvalue weighted by Crippen LogP contribution is -2.18. The quantitative estimate of drug-likeness (QED) is 0.278. The molecule has 27 heavy (non-hydrogen) atoms. The van der Waals surface area contributed by atoms with E-state index in [2.05, 4.69) is 17.4 Å². The topological polar surface area (TPSA) is 74.2 Å². The number of fused-ring (bicyclic) bond motifs is 2. The molecule has 5 heteroatoms. The van der Waals surface area contributed by atoms with Gasteiger partial charge in [0.05, 0.1) is 16.7 Å². The number of anilines is 2. The monoisotopic (exact) mass is 357 g/mol. The van der Waals surface area contributed by atoms with E-state index in [9.17, 15) is 4.79 Å². The molecule has 0 fully saturated rings. The summed E-state index contributed by atoms with van der Waals surface area (Å²) < 4.78 is 0. The van der Waals surface area contributed by atoms with Crippen LogP contribution in [0.4, 0.5) is 11.4 Å². The molecule has 3 N–H and O–H groups in total. The van der Waals surface area contributed by atoms with Gasteiger partial charge in [0.2, 0.25) is 5.91 Å². The Morgan fingerprint density at radius 1 is 0.852 bits per heavy atom. The van der Waals surface area contributed by atoms with E-state index in [-0.39, 0.29) is 12.3 Å². The molecule has 0 aliphatic rings. The Hall–Kier alpha value is -3.44. The Bertz CT molecular complexity index is 1050. The molecule has 0 aliphatic heterocycles. The molecule has 3 aromatic carbocycles. The van der Waals surface area contributed by atoms with E-state index in [0.717, 1.165) is 38.7 Å². The van der Waals surface area contributed by atoms with Crippen LogP contribution >= 0.6 is 0 Å². The standard InChI is InChI=1S/C22H19N3O2/c26-21(25-27)14-11-15-9-12-16(13-10-15)23-22-17-5-1-3-7-19(17)24-20-8-4-2-6-18(20)22/h1-10,12-13,27H,11,14H2,(H,23,24)(H,25,26). The van der Waals surface area contributed by atoms with E-state index in [1.165, 1.54) is 0 Å². The van der Waals surface area contributed by atoms with Gasteiger partial charge in [0.15, 0.2) is 0 Å². The van der Waals surface area contributed by atoms with E-state index < -0.39 is 0 Å². The van der Waals surface area contributed by atoms with Gasteiger partial charge >= 0.3 is 0 Å². The van der Waals surface area contributed by atoms with E-state index in [0.29, 0.717) is 6.42 Å². The fraction of sp³-hybridized carbons (Fsp3) is 0.0909. The number of rotatable bonds is 5. The first kappa shape index (κ1) is 17.0. The zero-order chi connectivity index (χ0) is 18.6. The molecule has 0 saturated carbocycles. The molecule has 0 spiro atoms. The molecule has 4 rings (SSSR count). The van der Waals surface area contributed by atoms with E-state index in [1.54, 1.807) is 5.48 Å². The number of nitrogens with one attached hydrogen (secondary N) is 2. The molecule has 0 aliphatic carbocycles. The van der Waals surface area contributed by atoms with Crippen molar-refractivity contribution >= 4 is 39.1 Å². The van der Waals surface area contributed by atoms with Crippen molar-refractivity contribution in [2.45, 2.75) is 12.8 Å². The minimum Gasteiger partial charge on any atom is -0.354 e. The zero-order valence-electron chi connectivity index (χ0n) is 14.6. The van der Waals surface area contributed by atoms with Crippen molar-refractivity contribution in [3.05, 3.63) is 78.4 Å². The lowest BCUT2D eigenvalue weighted by atomic mass is 10.1. The van der Waals surface area contributed by atoms with Gasteiger partial charge < -0.3 is 5.32 Å². The largest absolute Gasteiger partial charge is 0.354 e. The lowest BCUT2D eigenvalue weighted by molar-refractivity contribution is -0.129. The highest BCUT2D eigenvalue weighted by molar-refractivity contribution is 6.08. The van der Waals surface area contributed by atoms with Crippen LogP contribution in [0.15, 0.2) is 72.8 Å². The third-order valence-electron chi connectivity index (χ3n) is 4.58. The van der Waals surface area contributed by atoms with Crippen molar-refractivity contribution in [2.75, 3.05) is 5.32 Å². The third kappa shape index (κ3) is 3.59. The Morgan fingerprint density at radius 3 is 2.04 bits per heavy atom. The predicted molar refractivity (Wildman–Crippen MR) is 107 cm³/mol. The molecule has 1 heterocycles. The molecular formula is C22H19N3O2. The second-order valence-electron chi connectivity index (χ2n) is 6.38. The highest BCUT2D eigenvalue weighted by atomic mass is 16.5. The number of hydrogen-bond donors (Lipinski definition) is 3. The smallest absolute Gasteiger partial charge is 0.243 e. The molecule has 0 saturated heterocycles. The number of nitrogens with zero attached hydrogens (tertiary/aromatic N) is 1. The number of amides is 1. The van der Waals surface area contributed by atoms with Crippen LogP contribution in [-0.4, -0.2) is 16.1 Å². The highest BCUT2D eigenvalue weighted by Crippen LogP contribution is 2.32. The van der Waals surface area contributed by atoms with Crippen molar-refractivity contribution in [3.8, 4) is 0 Å². The number of pyridine rings is 1. The molecule has 1 aromatic heterocycles. The first-order valence-electron chi connectivity index (χ1n) is 8.81. The van der Waals surface area contributed by atoms with Gasteiger partial charge in [-0.15, -0.1) is 0 Å². The van der Waals surface area contributed by atoms with E-state index >= 15 is 0 Å². The van der Waals surface area contributed by atoms with Crippen molar-refractivity contribution < 1.29 is 10.0 Å². The number of hydroxylamine groups is 1. The van der Waals surface area contributed by atoms with Crippen LogP contribution in [-0.2, 0) is 11.2 Å². The molecule has 1 amide bonds.